The van der Waals surface area contributed by atoms with Crippen LogP contribution in [-0.2, 0) is 15.7 Å². The molecular formula is C22H14Cl2F3N3O6. The summed E-state index contributed by atoms with van der Waals surface area (Å²) in [6.07, 6.45) is -4.06. The molecule has 3 rings (SSSR count). The molecule has 14 heteroatoms. The van der Waals surface area contributed by atoms with Crippen molar-refractivity contribution in [3.8, 4) is 11.6 Å². The van der Waals surface area contributed by atoms with Gasteiger partial charge in [0.2, 0.25) is 5.88 Å². The number of ether oxygens (including phenoxy) is 2. The molecule has 2 aromatic carbocycles. The molecule has 3 aromatic rings. The van der Waals surface area contributed by atoms with Crippen molar-refractivity contribution in [2.75, 3.05) is 7.11 Å². The van der Waals surface area contributed by atoms with E-state index in [1.54, 1.807) is 0 Å². The lowest BCUT2D eigenvalue weighted by Crippen LogP contribution is -2.34. The van der Waals surface area contributed by atoms with Gasteiger partial charge < -0.3 is 14.8 Å². The van der Waals surface area contributed by atoms with Gasteiger partial charge in [-0.15, -0.1) is 0 Å². The molecular weight excluding hydrogens is 530 g/mol. The maximum absolute atomic E-state index is 12.8. The zero-order valence-electron chi connectivity index (χ0n) is 18.0. The summed E-state index contributed by atoms with van der Waals surface area (Å²) in [4.78, 5) is 39.0. The van der Waals surface area contributed by atoms with Crippen LogP contribution in [0.2, 0.25) is 10.0 Å². The largest absolute Gasteiger partial charge is 0.467 e. The Balaban J connectivity index is 1.82. The van der Waals surface area contributed by atoms with Crippen LogP contribution >= 0.6 is 23.2 Å². The molecule has 0 radical (unpaired) electrons. The molecule has 0 aliphatic rings. The van der Waals surface area contributed by atoms with E-state index in [2.05, 4.69) is 10.3 Å². The number of nitrogens with zero attached hydrogens (tertiary/aromatic N) is 2. The van der Waals surface area contributed by atoms with Gasteiger partial charge in [-0.2, -0.15) is 13.2 Å². The normalized spacial score (nSPS) is 11.9. The number of alkyl halides is 3. The van der Waals surface area contributed by atoms with E-state index in [0.717, 1.165) is 19.2 Å². The first kappa shape index (κ1) is 26.7. The SMILES string of the molecule is COC(=O)[C@H](NC(=O)c1cc([N+](=O)[O-])ccc1Cl)c1ccc(Oc2ncc(C(F)(F)F)cc2Cl)cc1. The molecule has 0 saturated heterocycles. The number of esters is 1. The second-order valence-electron chi connectivity index (χ2n) is 7.03. The van der Waals surface area contributed by atoms with Crippen LogP contribution in [0.15, 0.2) is 54.7 Å². The van der Waals surface area contributed by atoms with E-state index in [1.165, 1.54) is 30.3 Å². The Labute approximate surface area is 210 Å². The van der Waals surface area contributed by atoms with E-state index in [9.17, 15) is 32.9 Å². The van der Waals surface area contributed by atoms with Gasteiger partial charge in [0.05, 0.1) is 28.2 Å². The number of aromatic nitrogens is 1. The highest BCUT2D eigenvalue weighted by atomic mass is 35.5. The number of hydrogen-bond donors (Lipinski definition) is 1. The third kappa shape index (κ3) is 6.20. The molecule has 188 valence electrons. The number of halogens is 5. The van der Waals surface area contributed by atoms with Crippen LogP contribution in [0.3, 0.4) is 0 Å². The molecule has 9 nitrogen and oxygen atoms in total. The Morgan fingerprint density at radius 1 is 1.08 bits per heavy atom. The second kappa shape index (κ2) is 10.8. The topological polar surface area (TPSA) is 121 Å². The van der Waals surface area contributed by atoms with Gasteiger partial charge in [-0.25, -0.2) is 9.78 Å². The summed E-state index contributed by atoms with van der Waals surface area (Å²) in [6, 6.07) is 8.06. The number of rotatable bonds is 7. The van der Waals surface area contributed by atoms with E-state index in [0.29, 0.717) is 12.3 Å². The molecule has 0 spiro atoms. The van der Waals surface area contributed by atoms with Gasteiger partial charge in [0.25, 0.3) is 11.6 Å². The number of amides is 1. The Morgan fingerprint density at radius 3 is 2.31 bits per heavy atom. The standard InChI is InChI=1S/C22H14Cl2F3N3O6/c1-35-21(32)18(29-19(31)15-9-13(30(33)34)4-7-16(15)23)11-2-5-14(6-3-11)36-20-17(24)8-12(10-28-20)22(25,26)27/h2-10,18H,1H3,(H,29,31)/t18-/m1/s1. The molecule has 1 heterocycles. The van der Waals surface area contributed by atoms with Crippen LogP contribution in [0.1, 0.15) is 27.5 Å². The van der Waals surface area contributed by atoms with Crippen molar-refractivity contribution in [1.29, 1.82) is 0 Å². The zero-order valence-corrected chi connectivity index (χ0v) is 19.5. The molecule has 0 aliphatic carbocycles. The molecule has 1 aromatic heterocycles. The Morgan fingerprint density at radius 2 is 1.75 bits per heavy atom. The Hall–Kier alpha value is -3.90. The Bertz CT molecular complexity index is 1320. The highest BCUT2D eigenvalue weighted by Crippen LogP contribution is 2.35. The average molecular weight is 544 g/mol. The monoisotopic (exact) mass is 543 g/mol. The van der Waals surface area contributed by atoms with E-state index >= 15 is 0 Å². The highest BCUT2D eigenvalue weighted by molar-refractivity contribution is 6.34. The first-order chi connectivity index (χ1) is 16.9. The number of nitrogens with one attached hydrogen (secondary N) is 1. The van der Waals surface area contributed by atoms with Crippen molar-refractivity contribution in [3.05, 3.63) is 91.6 Å². The predicted octanol–water partition coefficient (Wildman–Crippen LogP) is 5.75. The first-order valence-corrected chi connectivity index (χ1v) is 10.5. The van der Waals surface area contributed by atoms with Crippen molar-refractivity contribution in [3.63, 3.8) is 0 Å². The van der Waals surface area contributed by atoms with E-state index in [-0.39, 0.29) is 38.5 Å². The summed E-state index contributed by atoms with van der Waals surface area (Å²) in [5.74, 6) is -1.90. The van der Waals surface area contributed by atoms with E-state index in [1.807, 2.05) is 0 Å². The maximum Gasteiger partial charge on any atom is 0.417 e. The van der Waals surface area contributed by atoms with Gasteiger partial charge in [0, 0.05) is 18.3 Å². The molecule has 1 atom stereocenters. The number of nitro groups is 1. The van der Waals surface area contributed by atoms with Gasteiger partial charge in [0.1, 0.15) is 10.8 Å². The highest BCUT2D eigenvalue weighted by Gasteiger charge is 2.32. The number of non-ortho nitro benzene ring substituents is 1. The van der Waals surface area contributed by atoms with Gasteiger partial charge in [-0.3, -0.25) is 14.9 Å². The summed E-state index contributed by atoms with van der Waals surface area (Å²) < 4.78 is 48.5. The molecule has 0 fully saturated rings. The van der Waals surface area contributed by atoms with Crippen molar-refractivity contribution in [2.45, 2.75) is 12.2 Å². The molecule has 1 N–H and O–H groups in total. The van der Waals surface area contributed by atoms with Gasteiger partial charge in [-0.05, 0) is 29.8 Å². The third-order valence-corrected chi connectivity index (χ3v) is 5.28. The van der Waals surface area contributed by atoms with Gasteiger partial charge in [0.15, 0.2) is 6.04 Å². The minimum absolute atomic E-state index is 0.0774. The van der Waals surface area contributed by atoms with Crippen LogP contribution in [0, 0.1) is 10.1 Å². The third-order valence-electron chi connectivity index (χ3n) is 4.68. The smallest absolute Gasteiger partial charge is 0.417 e. The van der Waals surface area contributed by atoms with Crippen LogP contribution in [0.5, 0.6) is 11.6 Å². The lowest BCUT2D eigenvalue weighted by Gasteiger charge is -2.18. The fraction of sp³-hybridized carbons (Fsp3) is 0.136. The van der Waals surface area contributed by atoms with Crippen LogP contribution < -0.4 is 10.1 Å². The van der Waals surface area contributed by atoms with Gasteiger partial charge >= 0.3 is 12.1 Å². The van der Waals surface area contributed by atoms with Crippen molar-refractivity contribution >= 4 is 40.8 Å². The molecule has 0 saturated carbocycles. The van der Waals surface area contributed by atoms with Crippen LogP contribution in [0.25, 0.3) is 0 Å². The zero-order chi connectivity index (χ0) is 26.6. The summed E-state index contributed by atoms with van der Waals surface area (Å²) in [5.41, 5.74) is -1.43. The summed E-state index contributed by atoms with van der Waals surface area (Å²) >= 11 is 11.8. The molecule has 36 heavy (non-hydrogen) atoms. The van der Waals surface area contributed by atoms with Crippen LogP contribution in [-0.4, -0.2) is 28.9 Å². The molecule has 0 aliphatic heterocycles. The maximum atomic E-state index is 12.8. The van der Waals surface area contributed by atoms with Crippen LogP contribution in [0.4, 0.5) is 18.9 Å². The number of hydrogen-bond acceptors (Lipinski definition) is 7. The fourth-order valence-corrected chi connectivity index (χ4v) is 3.31. The lowest BCUT2D eigenvalue weighted by molar-refractivity contribution is -0.384. The first-order valence-electron chi connectivity index (χ1n) is 9.74. The number of benzene rings is 2. The van der Waals surface area contributed by atoms with E-state index < -0.39 is 34.6 Å². The Kier molecular flexibility index (Phi) is 8.00. The average Bonchev–Trinajstić information content (AvgIpc) is 2.83. The quantitative estimate of drug-likeness (QED) is 0.228. The predicted molar refractivity (Wildman–Crippen MR) is 121 cm³/mol. The number of nitro benzene ring substituents is 1. The minimum Gasteiger partial charge on any atom is -0.467 e. The summed E-state index contributed by atoms with van der Waals surface area (Å²) in [6.45, 7) is 0. The molecule has 1 amide bonds. The van der Waals surface area contributed by atoms with Crippen molar-refractivity contribution < 1.29 is 37.2 Å². The number of pyridine rings is 1. The summed E-state index contributed by atoms with van der Waals surface area (Å²) in [5, 5.41) is 13.0. The number of carbonyl (C=O) groups excluding carboxylic acids is 2. The number of methoxy groups -OCH3 is 1. The van der Waals surface area contributed by atoms with E-state index in [4.69, 9.17) is 32.7 Å². The second-order valence-corrected chi connectivity index (χ2v) is 7.85. The number of carbonyl (C=O) groups is 2. The lowest BCUT2D eigenvalue weighted by atomic mass is 10.1. The van der Waals surface area contributed by atoms with Crippen molar-refractivity contribution in [2.24, 2.45) is 0 Å². The van der Waals surface area contributed by atoms with Gasteiger partial charge in [-0.1, -0.05) is 35.3 Å². The molecule has 0 bridgehead atoms. The van der Waals surface area contributed by atoms with Crippen molar-refractivity contribution in [1.82, 2.24) is 10.3 Å². The fourth-order valence-electron chi connectivity index (χ4n) is 2.90. The summed E-state index contributed by atoms with van der Waals surface area (Å²) in [7, 11) is 1.09. The molecule has 0 unspecified atom stereocenters. The minimum atomic E-state index is -4.63.